The van der Waals surface area contributed by atoms with E-state index in [4.69, 9.17) is 0 Å². The van der Waals surface area contributed by atoms with Gasteiger partial charge in [-0.3, -0.25) is 4.79 Å². The van der Waals surface area contributed by atoms with Crippen molar-refractivity contribution < 1.29 is 4.79 Å². The molecule has 23 heavy (non-hydrogen) atoms. The number of rotatable bonds is 4. The second-order valence-electron chi connectivity index (χ2n) is 8.02. The van der Waals surface area contributed by atoms with Crippen molar-refractivity contribution in [2.75, 3.05) is 13.1 Å². The van der Waals surface area contributed by atoms with Gasteiger partial charge in [0.15, 0.2) is 0 Å². The first-order valence-corrected chi connectivity index (χ1v) is 9.44. The number of hydrogen-bond donors (Lipinski definition) is 0. The highest BCUT2D eigenvalue weighted by Crippen LogP contribution is 2.43. The molecule has 126 valence electrons. The van der Waals surface area contributed by atoms with E-state index in [1.807, 2.05) is 0 Å². The summed E-state index contributed by atoms with van der Waals surface area (Å²) in [5, 5.41) is 0. The van der Waals surface area contributed by atoms with E-state index in [-0.39, 0.29) is 5.41 Å². The van der Waals surface area contributed by atoms with E-state index in [9.17, 15) is 4.79 Å². The number of benzene rings is 1. The molecule has 0 N–H and O–H groups in total. The Kier molecular flexibility index (Phi) is 5.08. The molecule has 0 bridgehead atoms. The zero-order valence-corrected chi connectivity index (χ0v) is 14.8. The van der Waals surface area contributed by atoms with Crippen LogP contribution in [0.5, 0.6) is 0 Å². The molecule has 1 aromatic carbocycles. The van der Waals surface area contributed by atoms with Crippen molar-refractivity contribution in [1.82, 2.24) is 4.90 Å². The van der Waals surface area contributed by atoms with Crippen LogP contribution in [0.2, 0.25) is 0 Å². The summed E-state index contributed by atoms with van der Waals surface area (Å²) in [4.78, 5) is 15.5. The van der Waals surface area contributed by atoms with E-state index in [0.717, 1.165) is 44.2 Å². The summed E-state index contributed by atoms with van der Waals surface area (Å²) >= 11 is 0. The minimum absolute atomic E-state index is 0.119. The molecular weight excluding hydrogens is 282 g/mol. The van der Waals surface area contributed by atoms with Gasteiger partial charge < -0.3 is 4.90 Å². The third kappa shape index (κ3) is 3.62. The van der Waals surface area contributed by atoms with Crippen LogP contribution in [-0.2, 0) is 11.2 Å². The number of nitrogens with zero attached hydrogens (tertiary/aromatic N) is 1. The van der Waals surface area contributed by atoms with Gasteiger partial charge in [0.05, 0.1) is 5.41 Å². The molecule has 1 heterocycles. The van der Waals surface area contributed by atoms with Gasteiger partial charge in [-0.25, -0.2) is 0 Å². The van der Waals surface area contributed by atoms with Gasteiger partial charge in [0.25, 0.3) is 0 Å². The quantitative estimate of drug-likeness (QED) is 0.790. The average molecular weight is 313 g/mol. The zero-order chi connectivity index (χ0) is 16.3. The lowest BCUT2D eigenvalue weighted by atomic mass is 9.77. The first kappa shape index (κ1) is 16.5. The van der Waals surface area contributed by atoms with E-state index >= 15 is 0 Å². The molecule has 2 heteroatoms. The molecule has 1 aliphatic heterocycles. The predicted octanol–water partition coefficient (Wildman–Crippen LogP) is 4.68. The summed E-state index contributed by atoms with van der Waals surface area (Å²) in [7, 11) is 0. The number of likely N-dealkylation sites (tertiary alicyclic amines) is 1. The molecule has 0 atom stereocenters. The summed E-state index contributed by atoms with van der Waals surface area (Å²) < 4.78 is 0. The second-order valence-corrected chi connectivity index (χ2v) is 8.02. The molecule has 1 saturated carbocycles. The molecule has 2 fully saturated rings. The minimum Gasteiger partial charge on any atom is -0.342 e. The smallest absolute Gasteiger partial charge is 0.229 e. The molecule has 2 nitrogen and oxygen atoms in total. The van der Waals surface area contributed by atoms with Crippen LogP contribution >= 0.6 is 0 Å². The Labute approximate surface area is 141 Å². The fourth-order valence-electron chi connectivity index (χ4n) is 4.61. The Morgan fingerprint density at radius 3 is 2.30 bits per heavy atom. The number of carbonyl (C=O) groups is 1. The molecule has 1 amide bonds. The normalized spacial score (nSPS) is 21.8. The number of hydrogen-bond acceptors (Lipinski definition) is 1. The summed E-state index contributed by atoms with van der Waals surface area (Å²) in [5.74, 6) is 1.99. The van der Waals surface area contributed by atoms with Gasteiger partial charge in [-0.05, 0) is 49.5 Å². The maximum Gasteiger partial charge on any atom is 0.229 e. The van der Waals surface area contributed by atoms with Crippen LogP contribution < -0.4 is 0 Å². The lowest BCUT2D eigenvalue weighted by molar-refractivity contribution is -0.143. The predicted molar refractivity (Wildman–Crippen MR) is 95.2 cm³/mol. The first-order valence-electron chi connectivity index (χ1n) is 9.44. The summed E-state index contributed by atoms with van der Waals surface area (Å²) in [6.45, 7) is 6.57. The summed E-state index contributed by atoms with van der Waals surface area (Å²) in [5.41, 5.74) is 1.20. The van der Waals surface area contributed by atoms with E-state index in [1.165, 1.54) is 31.2 Å². The van der Waals surface area contributed by atoms with Crippen LogP contribution in [-0.4, -0.2) is 23.9 Å². The Morgan fingerprint density at radius 2 is 1.74 bits per heavy atom. The largest absolute Gasteiger partial charge is 0.342 e. The summed E-state index contributed by atoms with van der Waals surface area (Å²) in [6, 6.07) is 10.6. The van der Waals surface area contributed by atoms with Crippen molar-refractivity contribution in [2.45, 2.75) is 58.8 Å². The Hall–Kier alpha value is -1.31. The number of piperidine rings is 1. The fourth-order valence-corrected chi connectivity index (χ4v) is 4.61. The molecule has 0 spiro atoms. The number of amides is 1. The van der Waals surface area contributed by atoms with Crippen molar-refractivity contribution in [2.24, 2.45) is 17.3 Å². The van der Waals surface area contributed by atoms with Crippen LogP contribution in [0.1, 0.15) is 57.9 Å². The van der Waals surface area contributed by atoms with Gasteiger partial charge in [-0.1, -0.05) is 57.0 Å². The molecule has 1 aromatic rings. The van der Waals surface area contributed by atoms with Crippen molar-refractivity contribution in [1.29, 1.82) is 0 Å². The molecule has 0 unspecified atom stereocenters. The van der Waals surface area contributed by atoms with E-state index < -0.39 is 0 Å². The first-order chi connectivity index (χ1) is 11.1. The van der Waals surface area contributed by atoms with Crippen molar-refractivity contribution in [3.63, 3.8) is 0 Å². The lowest BCUT2D eigenvalue weighted by Crippen LogP contribution is -2.47. The van der Waals surface area contributed by atoms with Crippen molar-refractivity contribution >= 4 is 5.91 Å². The van der Waals surface area contributed by atoms with Crippen molar-refractivity contribution in [3.05, 3.63) is 35.9 Å². The Balaban J connectivity index is 1.70. The van der Waals surface area contributed by atoms with Crippen LogP contribution in [0.3, 0.4) is 0 Å². The number of carbonyl (C=O) groups excluding carboxylic acids is 1. The van der Waals surface area contributed by atoms with Crippen molar-refractivity contribution in [3.8, 4) is 0 Å². The molecule has 2 aliphatic rings. The van der Waals surface area contributed by atoms with Crippen LogP contribution in [0.15, 0.2) is 30.3 Å². The van der Waals surface area contributed by atoms with Gasteiger partial charge in [0.2, 0.25) is 5.91 Å². The maximum absolute atomic E-state index is 13.3. The van der Waals surface area contributed by atoms with Crippen LogP contribution in [0.4, 0.5) is 0 Å². The molecular formula is C21H31NO. The fraction of sp³-hybridized carbons (Fsp3) is 0.667. The minimum atomic E-state index is -0.119. The monoisotopic (exact) mass is 313 g/mol. The molecule has 3 rings (SSSR count). The van der Waals surface area contributed by atoms with Gasteiger partial charge >= 0.3 is 0 Å². The van der Waals surface area contributed by atoms with Gasteiger partial charge in [0, 0.05) is 13.1 Å². The molecule has 0 radical (unpaired) electrons. The van der Waals surface area contributed by atoms with Gasteiger partial charge in [0.1, 0.15) is 0 Å². The Bertz CT molecular complexity index is 508. The maximum atomic E-state index is 13.3. The third-order valence-corrected chi connectivity index (χ3v) is 6.17. The highest BCUT2D eigenvalue weighted by molar-refractivity contribution is 5.83. The lowest BCUT2D eigenvalue weighted by Gasteiger charge is -2.39. The van der Waals surface area contributed by atoms with Gasteiger partial charge in [-0.15, -0.1) is 0 Å². The molecule has 1 aliphatic carbocycles. The summed E-state index contributed by atoms with van der Waals surface area (Å²) in [6.07, 6.45) is 7.87. The average Bonchev–Trinajstić information content (AvgIpc) is 3.05. The van der Waals surface area contributed by atoms with Crippen LogP contribution in [0.25, 0.3) is 0 Å². The van der Waals surface area contributed by atoms with E-state index in [0.29, 0.717) is 5.91 Å². The molecule has 0 aromatic heterocycles. The Morgan fingerprint density at radius 1 is 1.13 bits per heavy atom. The topological polar surface area (TPSA) is 20.3 Å². The standard InChI is InChI=1S/C21H31NO/c1-17(2)19-10-14-22(15-11-19)20(23)21(12-6-7-13-21)16-18-8-4-3-5-9-18/h3-5,8-9,17,19H,6-7,10-16H2,1-2H3. The second kappa shape index (κ2) is 7.07. The zero-order valence-electron chi connectivity index (χ0n) is 14.8. The highest BCUT2D eigenvalue weighted by Gasteiger charge is 2.44. The van der Waals surface area contributed by atoms with Gasteiger partial charge in [-0.2, -0.15) is 0 Å². The van der Waals surface area contributed by atoms with E-state index in [1.54, 1.807) is 0 Å². The SMILES string of the molecule is CC(C)C1CCN(C(=O)C2(Cc3ccccc3)CCCC2)CC1. The molecule has 1 saturated heterocycles. The highest BCUT2D eigenvalue weighted by atomic mass is 16.2. The third-order valence-electron chi connectivity index (χ3n) is 6.17. The van der Waals surface area contributed by atoms with E-state index in [2.05, 4.69) is 49.1 Å². The van der Waals surface area contributed by atoms with Crippen LogP contribution in [0, 0.1) is 17.3 Å².